The summed E-state index contributed by atoms with van der Waals surface area (Å²) >= 11 is 6.20. The Labute approximate surface area is 189 Å². The quantitative estimate of drug-likeness (QED) is 0.648. The highest BCUT2D eigenvalue weighted by Crippen LogP contribution is 2.29. The standard InChI is InChI=1S/C24H31ClN2O4/c1-18-8-9-20(25)22(14-18)31-17-24(29)10-5-12-27(13-11-24)16-23(28)26-15-19-6-3-4-7-21(19)30-2/h3-4,6-9,14,29H,5,10-13,15-17H2,1-2H3,(H,26,28)/t24-/m1/s1. The van der Waals surface area contributed by atoms with Crippen LogP contribution in [0.1, 0.15) is 30.4 Å². The minimum atomic E-state index is -0.935. The fourth-order valence-electron chi connectivity index (χ4n) is 3.77. The van der Waals surface area contributed by atoms with Crippen molar-refractivity contribution >= 4 is 17.5 Å². The second-order valence-electron chi connectivity index (χ2n) is 8.17. The molecule has 1 aliphatic rings. The molecule has 3 rings (SSSR count). The number of ether oxygens (including phenoxy) is 2. The molecule has 0 bridgehead atoms. The molecule has 1 atom stereocenters. The SMILES string of the molecule is COc1ccccc1CNC(=O)CN1CCC[C@](O)(COc2cc(C)ccc2Cl)CC1. The van der Waals surface area contributed by atoms with Gasteiger partial charge in [-0.15, -0.1) is 0 Å². The molecule has 6 nitrogen and oxygen atoms in total. The number of aliphatic hydroxyl groups is 1. The molecule has 2 N–H and O–H groups in total. The Morgan fingerprint density at radius 3 is 2.81 bits per heavy atom. The lowest BCUT2D eigenvalue weighted by Crippen LogP contribution is -2.40. The summed E-state index contributed by atoms with van der Waals surface area (Å²) in [6.45, 7) is 4.27. The number of nitrogens with one attached hydrogen (secondary N) is 1. The number of para-hydroxylation sites is 1. The second kappa shape index (κ2) is 10.8. The summed E-state index contributed by atoms with van der Waals surface area (Å²) in [7, 11) is 1.62. The number of benzene rings is 2. The van der Waals surface area contributed by atoms with Gasteiger partial charge in [0.05, 0.1) is 24.3 Å². The molecule has 0 aliphatic carbocycles. The number of carbonyl (C=O) groups excluding carboxylic acids is 1. The van der Waals surface area contributed by atoms with E-state index < -0.39 is 5.60 Å². The van der Waals surface area contributed by atoms with Gasteiger partial charge in [0, 0.05) is 18.7 Å². The first-order valence-electron chi connectivity index (χ1n) is 10.6. The maximum atomic E-state index is 12.4. The molecule has 1 amide bonds. The number of amides is 1. The van der Waals surface area contributed by atoms with E-state index in [-0.39, 0.29) is 12.5 Å². The number of halogens is 1. The summed E-state index contributed by atoms with van der Waals surface area (Å²) in [4.78, 5) is 14.5. The van der Waals surface area contributed by atoms with Gasteiger partial charge >= 0.3 is 0 Å². The van der Waals surface area contributed by atoms with Crippen molar-refractivity contribution in [1.29, 1.82) is 0 Å². The molecule has 1 saturated heterocycles. The molecule has 7 heteroatoms. The van der Waals surface area contributed by atoms with Crippen LogP contribution in [0.2, 0.25) is 5.02 Å². The summed E-state index contributed by atoms with van der Waals surface area (Å²) < 4.78 is 11.2. The van der Waals surface area contributed by atoms with Crippen molar-refractivity contribution in [2.45, 2.75) is 38.3 Å². The van der Waals surface area contributed by atoms with Crippen LogP contribution in [0.3, 0.4) is 0 Å². The number of rotatable bonds is 8. The van der Waals surface area contributed by atoms with Gasteiger partial charge in [-0.25, -0.2) is 0 Å². The monoisotopic (exact) mass is 446 g/mol. The van der Waals surface area contributed by atoms with Crippen LogP contribution in [0, 0.1) is 6.92 Å². The molecule has 0 aromatic heterocycles. The van der Waals surface area contributed by atoms with Crippen LogP contribution in [-0.4, -0.2) is 54.9 Å². The van der Waals surface area contributed by atoms with E-state index >= 15 is 0 Å². The van der Waals surface area contributed by atoms with Crippen molar-refractivity contribution in [1.82, 2.24) is 10.2 Å². The molecule has 1 heterocycles. The molecule has 0 unspecified atom stereocenters. The number of hydrogen-bond donors (Lipinski definition) is 2. The Bertz CT molecular complexity index is 892. The number of hydrogen-bond acceptors (Lipinski definition) is 5. The Hall–Kier alpha value is -2.28. The van der Waals surface area contributed by atoms with E-state index in [1.54, 1.807) is 13.2 Å². The van der Waals surface area contributed by atoms with Crippen LogP contribution in [0.5, 0.6) is 11.5 Å². The first-order valence-corrected chi connectivity index (χ1v) is 11.0. The van der Waals surface area contributed by atoms with Crippen LogP contribution >= 0.6 is 11.6 Å². The average molecular weight is 447 g/mol. The molecule has 2 aromatic rings. The van der Waals surface area contributed by atoms with Crippen molar-refractivity contribution in [3.63, 3.8) is 0 Å². The average Bonchev–Trinajstić information content (AvgIpc) is 2.95. The molecule has 2 aromatic carbocycles. The molecule has 0 radical (unpaired) electrons. The fourth-order valence-corrected chi connectivity index (χ4v) is 3.94. The molecule has 1 fully saturated rings. The number of carbonyl (C=O) groups is 1. The lowest BCUT2D eigenvalue weighted by molar-refractivity contribution is -0.122. The zero-order chi connectivity index (χ0) is 22.3. The minimum Gasteiger partial charge on any atom is -0.496 e. The van der Waals surface area contributed by atoms with E-state index in [0.717, 1.165) is 29.8 Å². The van der Waals surface area contributed by atoms with E-state index in [4.69, 9.17) is 21.1 Å². The zero-order valence-electron chi connectivity index (χ0n) is 18.2. The van der Waals surface area contributed by atoms with Crippen molar-refractivity contribution in [3.05, 3.63) is 58.6 Å². The predicted molar refractivity (Wildman–Crippen MR) is 122 cm³/mol. The highest BCUT2D eigenvalue weighted by atomic mass is 35.5. The first kappa shape index (κ1) is 23.4. The highest BCUT2D eigenvalue weighted by molar-refractivity contribution is 6.32. The van der Waals surface area contributed by atoms with E-state index in [2.05, 4.69) is 10.2 Å². The van der Waals surface area contributed by atoms with Gasteiger partial charge in [-0.1, -0.05) is 35.9 Å². The predicted octanol–water partition coefficient (Wildman–Crippen LogP) is 3.57. The third kappa shape index (κ3) is 6.86. The molecule has 1 aliphatic heterocycles. The minimum absolute atomic E-state index is 0.0425. The van der Waals surface area contributed by atoms with Crippen LogP contribution in [0.25, 0.3) is 0 Å². The lowest BCUT2D eigenvalue weighted by atomic mass is 9.96. The van der Waals surface area contributed by atoms with Gasteiger partial charge < -0.3 is 19.9 Å². The summed E-state index contributed by atoms with van der Waals surface area (Å²) in [5, 5.41) is 14.5. The Morgan fingerprint density at radius 2 is 2.00 bits per heavy atom. The van der Waals surface area contributed by atoms with Gasteiger partial charge in [-0.3, -0.25) is 9.69 Å². The smallest absolute Gasteiger partial charge is 0.234 e. The van der Waals surface area contributed by atoms with E-state index in [0.29, 0.717) is 43.2 Å². The van der Waals surface area contributed by atoms with Gasteiger partial charge in [0.1, 0.15) is 18.1 Å². The van der Waals surface area contributed by atoms with E-state index in [9.17, 15) is 9.90 Å². The third-order valence-corrected chi connectivity index (χ3v) is 5.94. The van der Waals surface area contributed by atoms with E-state index in [1.165, 1.54) is 0 Å². The molecule has 0 spiro atoms. The van der Waals surface area contributed by atoms with Gasteiger partial charge in [-0.05, 0) is 56.5 Å². The maximum Gasteiger partial charge on any atom is 0.234 e. The van der Waals surface area contributed by atoms with E-state index in [1.807, 2.05) is 43.3 Å². The normalized spacial score (nSPS) is 19.5. The molecule has 0 saturated carbocycles. The number of methoxy groups -OCH3 is 1. The molecule has 31 heavy (non-hydrogen) atoms. The van der Waals surface area contributed by atoms with Crippen LogP contribution in [0.4, 0.5) is 0 Å². The Balaban J connectivity index is 1.47. The van der Waals surface area contributed by atoms with Crippen molar-refractivity contribution < 1.29 is 19.4 Å². The van der Waals surface area contributed by atoms with Crippen molar-refractivity contribution in [2.75, 3.05) is 33.4 Å². The summed E-state index contributed by atoms with van der Waals surface area (Å²) in [6, 6.07) is 13.2. The van der Waals surface area contributed by atoms with Gasteiger partial charge in [0.15, 0.2) is 0 Å². The maximum absolute atomic E-state index is 12.4. The number of likely N-dealkylation sites (tertiary alicyclic amines) is 1. The van der Waals surface area contributed by atoms with Crippen LogP contribution < -0.4 is 14.8 Å². The molecular formula is C24H31ClN2O4. The number of aryl methyl sites for hydroxylation is 1. The molecule has 168 valence electrons. The first-order chi connectivity index (χ1) is 14.9. The van der Waals surface area contributed by atoms with Gasteiger partial charge in [0.25, 0.3) is 0 Å². The topological polar surface area (TPSA) is 71.0 Å². The summed E-state index contributed by atoms with van der Waals surface area (Å²) in [5.41, 5.74) is 1.06. The second-order valence-corrected chi connectivity index (χ2v) is 8.57. The van der Waals surface area contributed by atoms with Crippen molar-refractivity contribution in [2.24, 2.45) is 0 Å². The van der Waals surface area contributed by atoms with Gasteiger partial charge in [-0.2, -0.15) is 0 Å². The Morgan fingerprint density at radius 1 is 1.19 bits per heavy atom. The lowest BCUT2D eigenvalue weighted by Gasteiger charge is -2.27. The number of nitrogens with zero attached hydrogens (tertiary/aromatic N) is 1. The third-order valence-electron chi connectivity index (χ3n) is 5.63. The highest BCUT2D eigenvalue weighted by Gasteiger charge is 2.31. The fraction of sp³-hybridized carbons (Fsp3) is 0.458. The molecular weight excluding hydrogens is 416 g/mol. The van der Waals surface area contributed by atoms with Crippen LogP contribution in [0.15, 0.2) is 42.5 Å². The van der Waals surface area contributed by atoms with Gasteiger partial charge in [0.2, 0.25) is 5.91 Å². The summed E-state index contributed by atoms with van der Waals surface area (Å²) in [5.74, 6) is 1.31. The van der Waals surface area contributed by atoms with Crippen LogP contribution in [-0.2, 0) is 11.3 Å². The zero-order valence-corrected chi connectivity index (χ0v) is 19.0. The van der Waals surface area contributed by atoms with Crippen molar-refractivity contribution in [3.8, 4) is 11.5 Å². The largest absolute Gasteiger partial charge is 0.496 e. The summed E-state index contributed by atoms with van der Waals surface area (Å²) in [6.07, 6.45) is 1.95. The Kier molecular flexibility index (Phi) is 8.18.